The van der Waals surface area contributed by atoms with Crippen LogP contribution >= 0.6 is 0 Å². The van der Waals surface area contributed by atoms with E-state index in [1.165, 1.54) is 18.2 Å². The standard InChI is InChI=1S/C16H15FN2O2/c1-9(2)19-16-11(4-3-5-12(16)17)15(18-19)10-6-7-13(20)14(21)8-10/h3-9,20-21H,1-2H3. The highest BCUT2D eigenvalue weighted by molar-refractivity contribution is 5.94. The van der Waals surface area contributed by atoms with E-state index in [-0.39, 0.29) is 23.4 Å². The molecule has 2 N–H and O–H groups in total. The maximum atomic E-state index is 14.1. The van der Waals surface area contributed by atoms with Crippen molar-refractivity contribution in [3.63, 3.8) is 0 Å². The van der Waals surface area contributed by atoms with Crippen LogP contribution in [0.2, 0.25) is 0 Å². The van der Waals surface area contributed by atoms with Crippen molar-refractivity contribution in [3.8, 4) is 22.8 Å². The summed E-state index contributed by atoms with van der Waals surface area (Å²) in [5, 5.41) is 24.2. The summed E-state index contributed by atoms with van der Waals surface area (Å²) in [5.41, 5.74) is 1.64. The Bertz CT molecular complexity index is 825. The maximum Gasteiger partial charge on any atom is 0.158 e. The smallest absolute Gasteiger partial charge is 0.158 e. The molecule has 0 atom stereocenters. The number of aromatic nitrogens is 2. The average Bonchev–Trinajstić information content (AvgIpc) is 2.83. The first-order chi connectivity index (χ1) is 9.99. The van der Waals surface area contributed by atoms with Crippen molar-refractivity contribution in [3.05, 3.63) is 42.2 Å². The molecule has 2 aromatic carbocycles. The van der Waals surface area contributed by atoms with Crippen LogP contribution in [0, 0.1) is 5.82 Å². The molecule has 0 radical (unpaired) electrons. The minimum absolute atomic E-state index is 0.00358. The molecule has 1 aromatic heterocycles. The van der Waals surface area contributed by atoms with Crippen molar-refractivity contribution in [1.29, 1.82) is 0 Å². The lowest BCUT2D eigenvalue weighted by atomic mass is 10.1. The number of halogens is 1. The number of hydrogen-bond donors (Lipinski definition) is 2. The van der Waals surface area contributed by atoms with Gasteiger partial charge in [0.25, 0.3) is 0 Å². The van der Waals surface area contributed by atoms with Gasteiger partial charge in [-0.05, 0) is 38.1 Å². The zero-order valence-corrected chi connectivity index (χ0v) is 11.7. The molecule has 5 heteroatoms. The van der Waals surface area contributed by atoms with Crippen LogP contribution in [0.5, 0.6) is 11.5 Å². The first-order valence-corrected chi connectivity index (χ1v) is 6.68. The summed E-state index contributed by atoms with van der Waals surface area (Å²) in [6.45, 7) is 3.86. The monoisotopic (exact) mass is 286 g/mol. The van der Waals surface area contributed by atoms with Gasteiger partial charge >= 0.3 is 0 Å². The average molecular weight is 286 g/mol. The SMILES string of the molecule is CC(C)n1nc(-c2ccc(O)c(O)c2)c2cccc(F)c21. The molecule has 0 bridgehead atoms. The molecule has 3 rings (SSSR count). The molecule has 0 fully saturated rings. The van der Waals surface area contributed by atoms with Crippen molar-refractivity contribution in [2.75, 3.05) is 0 Å². The van der Waals surface area contributed by atoms with Gasteiger partial charge in [0, 0.05) is 17.0 Å². The predicted octanol–water partition coefficient (Wildman–Crippen LogP) is 3.83. The van der Waals surface area contributed by atoms with Crippen molar-refractivity contribution in [1.82, 2.24) is 9.78 Å². The lowest BCUT2D eigenvalue weighted by molar-refractivity contribution is 0.404. The molecule has 21 heavy (non-hydrogen) atoms. The molecule has 0 amide bonds. The van der Waals surface area contributed by atoms with E-state index in [0.29, 0.717) is 22.2 Å². The van der Waals surface area contributed by atoms with Gasteiger partial charge in [-0.25, -0.2) is 4.39 Å². The topological polar surface area (TPSA) is 58.3 Å². The second-order valence-electron chi connectivity index (χ2n) is 5.23. The second kappa shape index (κ2) is 4.77. The zero-order valence-electron chi connectivity index (χ0n) is 11.7. The van der Waals surface area contributed by atoms with E-state index < -0.39 is 0 Å². The molecule has 0 aliphatic carbocycles. The summed E-state index contributed by atoms with van der Waals surface area (Å²) in [6.07, 6.45) is 0. The molecule has 0 aliphatic rings. The minimum Gasteiger partial charge on any atom is -0.504 e. The third-order valence-electron chi connectivity index (χ3n) is 3.42. The largest absolute Gasteiger partial charge is 0.504 e. The normalized spacial score (nSPS) is 11.4. The second-order valence-corrected chi connectivity index (χ2v) is 5.23. The van der Waals surface area contributed by atoms with Gasteiger partial charge in [-0.2, -0.15) is 5.10 Å². The van der Waals surface area contributed by atoms with Crippen molar-refractivity contribution in [2.24, 2.45) is 0 Å². The maximum absolute atomic E-state index is 14.1. The molecule has 3 aromatic rings. The van der Waals surface area contributed by atoms with Gasteiger partial charge in [-0.15, -0.1) is 0 Å². The number of phenols is 2. The summed E-state index contributed by atoms with van der Waals surface area (Å²) in [4.78, 5) is 0. The number of rotatable bonds is 2. The van der Waals surface area contributed by atoms with Crippen molar-refractivity contribution < 1.29 is 14.6 Å². The number of fused-ring (bicyclic) bond motifs is 1. The Morgan fingerprint density at radius 3 is 2.52 bits per heavy atom. The van der Waals surface area contributed by atoms with E-state index in [4.69, 9.17) is 0 Å². The molecule has 0 saturated heterocycles. The molecular weight excluding hydrogens is 271 g/mol. The summed E-state index contributed by atoms with van der Waals surface area (Å²) in [6, 6.07) is 9.30. The van der Waals surface area contributed by atoms with Gasteiger partial charge in [0.1, 0.15) is 17.0 Å². The quantitative estimate of drug-likeness (QED) is 0.704. The number of aromatic hydroxyl groups is 2. The third kappa shape index (κ3) is 2.11. The van der Waals surface area contributed by atoms with Crippen molar-refractivity contribution >= 4 is 10.9 Å². The van der Waals surface area contributed by atoms with Gasteiger partial charge in [0.15, 0.2) is 11.5 Å². The lowest BCUT2D eigenvalue weighted by Crippen LogP contribution is -2.03. The van der Waals surface area contributed by atoms with Gasteiger partial charge in [0.2, 0.25) is 0 Å². The zero-order chi connectivity index (χ0) is 15.1. The Morgan fingerprint density at radius 1 is 1.10 bits per heavy atom. The Hall–Kier alpha value is -2.56. The van der Waals surface area contributed by atoms with E-state index in [0.717, 1.165) is 0 Å². The molecule has 1 heterocycles. The highest BCUT2D eigenvalue weighted by atomic mass is 19.1. The minimum atomic E-state index is -0.331. The number of phenolic OH excluding ortho intramolecular Hbond substituents is 2. The van der Waals surface area contributed by atoms with Crippen LogP contribution in [0.1, 0.15) is 19.9 Å². The predicted molar refractivity (Wildman–Crippen MR) is 78.8 cm³/mol. The summed E-state index contributed by atoms with van der Waals surface area (Å²) < 4.78 is 15.8. The number of benzene rings is 2. The number of para-hydroxylation sites is 1. The van der Waals surface area contributed by atoms with Gasteiger partial charge in [-0.1, -0.05) is 12.1 Å². The molecule has 0 unspecified atom stereocenters. The molecular formula is C16H15FN2O2. The van der Waals surface area contributed by atoms with E-state index in [1.807, 2.05) is 13.8 Å². The van der Waals surface area contributed by atoms with Crippen LogP contribution in [0.25, 0.3) is 22.2 Å². The Labute approximate surface area is 121 Å². The molecule has 0 saturated carbocycles. The number of hydrogen-bond acceptors (Lipinski definition) is 3. The van der Waals surface area contributed by atoms with Crippen LogP contribution in [-0.2, 0) is 0 Å². The molecule has 0 spiro atoms. The van der Waals surface area contributed by atoms with Crippen LogP contribution in [0.3, 0.4) is 0 Å². The summed E-state index contributed by atoms with van der Waals surface area (Å²) in [7, 11) is 0. The molecule has 0 aliphatic heterocycles. The highest BCUT2D eigenvalue weighted by Crippen LogP contribution is 2.35. The van der Waals surface area contributed by atoms with Gasteiger partial charge < -0.3 is 10.2 Å². The highest BCUT2D eigenvalue weighted by Gasteiger charge is 2.17. The fourth-order valence-corrected chi connectivity index (χ4v) is 2.41. The van der Waals surface area contributed by atoms with Gasteiger partial charge in [0.05, 0.1) is 0 Å². The molecule has 4 nitrogen and oxygen atoms in total. The van der Waals surface area contributed by atoms with Crippen molar-refractivity contribution in [2.45, 2.75) is 19.9 Å². The van der Waals surface area contributed by atoms with E-state index in [9.17, 15) is 14.6 Å². The fourth-order valence-electron chi connectivity index (χ4n) is 2.41. The van der Waals surface area contributed by atoms with E-state index >= 15 is 0 Å². The van der Waals surface area contributed by atoms with Crippen LogP contribution < -0.4 is 0 Å². The summed E-state index contributed by atoms with van der Waals surface area (Å²) >= 11 is 0. The lowest BCUT2D eigenvalue weighted by Gasteiger charge is -2.07. The number of nitrogens with zero attached hydrogens (tertiary/aromatic N) is 2. The molecule has 108 valence electrons. The van der Waals surface area contributed by atoms with Crippen LogP contribution in [0.4, 0.5) is 4.39 Å². The first kappa shape index (κ1) is 13.4. The van der Waals surface area contributed by atoms with E-state index in [1.54, 1.807) is 22.9 Å². The van der Waals surface area contributed by atoms with Gasteiger partial charge in [-0.3, -0.25) is 4.68 Å². The Kier molecular flexibility index (Phi) is 3.05. The summed E-state index contributed by atoms with van der Waals surface area (Å²) in [5.74, 6) is -0.753. The first-order valence-electron chi connectivity index (χ1n) is 6.68. The van der Waals surface area contributed by atoms with E-state index in [2.05, 4.69) is 5.10 Å². The van der Waals surface area contributed by atoms with Crippen LogP contribution in [-0.4, -0.2) is 20.0 Å². The van der Waals surface area contributed by atoms with Crippen LogP contribution in [0.15, 0.2) is 36.4 Å². The Morgan fingerprint density at radius 2 is 1.86 bits per heavy atom. The fraction of sp³-hybridized carbons (Fsp3) is 0.188. The third-order valence-corrected chi connectivity index (χ3v) is 3.42. The Balaban J connectivity index is 2.33.